The number of benzene rings is 1. The van der Waals surface area contributed by atoms with Crippen molar-refractivity contribution in [3.63, 3.8) is 0 Å². The van der Waals surface area contributed by atoms with Crippen LogP contribution in [0, 0.1) is 10.1 Å². The maximum atomic E-state index is 10.5. The maximum Gasteiger partial charge on any atom is 0.317 e. The van der Waals surface area contributed by atoms with Crippen molar-refractivity contribution < 1.29 is 14.6 Å². The second kappa shape index (κ2) is 2.75. The van der Waals surface area contributed by atoms with Crippen LogP contribution in [0.5, 0.6) is 11.5 Å². The summed E-state index contributed by atoms with van der Waals surface area (Å²) in [7, 11) is 0. The van der Waals surface area contributed by atoms with E-state index >= 15 is 0 Å². The molecule has 7 heteroatoms. The van der Waals surface area contributed by atoms with E-state index in [1.165, 1.54) is 12.1 Å². The molecule has 0 saturated heterocycles. The smallest absolute Gasteiger partial charge is 0.317 e. The van der Waals surface area contributed by atoms with E-state index in [4.69, 9.17) is 16.4 Å². The average molecular weight is 203 g/mol. The standard InChI is InChI=1S/C6H3ClN2O4/c7-3-1-2-4(9(10)11)6-5(3)12-8-13-6/h1-2,8H. The summed E-state index contributed by atoms with van der Waals surface area (Å²) >= 11 is 5.68. The van der Waals surface area contributed by atoms with Gasteiger partial charge in [-0.3, -0.25) is 10.1 Å². The van der Waals surface area contributed by atoms with Gasteiger partial charge >= 0.3 is 5.69 Å². The summed E-state index contributed by atoms with van der Waals surface area (Å²) in [5.74, 6) is 0.133. The molecule has 0 amide bonds. The topological polar surface area (TPSA) is 73.6 Å². The molecule has 0 unspecified atom stereocenters. The third-order valence-corrected chi connectivity index (χ3v) is 1.83. The van der Waals surface area contributed by atoms with Crippen LogP contribution in [0.2, 0.25) is 5.02 Å². The highest BCUT2D eigenvalue weighted by Crippen LogP contribution is 2.43. The van der Waals surface area contributed by atoms with Crippen molar-refractivity contribution in [1.82, 2.24) is 5.64 Å². The first-order chi connectivity index (χ1) is 6.20. The molecule has 1 aromatic rings. The van der Waals surface area contributed by atoms with Crippen molar-refractivity contribution in [1.29, 1.82) is 0 Å². The van der Waals surface area contributed by atoms with Crippen LogP contribution in [0.15, 0.2) is 12.1 Å². The highest BCUT2D eigenvalue weighted by molar-refractivity contribution is 6.32. The van der Waals surface area contributed by atoms with E-state index in [9.17, 15) is 10.1 Å². The Morgan fingerprint density at radius 1 is 1.38 bits per heavy atom. The predicted molar refractivity (Wildman–Crippen MR) is 42.5 cm³/mol. The van der Waals surface area contributed by atoms with Crippen molar-refractivity contribution in [2.45, 2.75) is 0 Å². The lowest BCUT2D eigenvalue weighted by Crippen LogP contribution is -2.14. The van der Waals surface area contributed by atoms with Crippen LogP contribution in [0.4, 0.5) is 5.69 Å². The summed E-state index contributed by atoms with van der Waals surface area (Å²) in [5.41, 5.74) is 1.84. The summed E-state index contributed by atoms with van der Waals surface area (Å²) in [6.07, 6.45) is 0. The molecule has 1 aliphatic rings. The van der Waals surface area contributed by atoms with Gasteiger partial charge in [0.05, 0.1) is 9.95 Å². The Labute approximate surface area is 77.1 Å². The van der Waals surface area contributed by atoms with Gasteiger partial charge in [-0.25, -0.2) is 0 Å². The molecular formula is C6H3ClN2O4. The van der Waals surface area contributed by atoms with Crippen LogP contribution in [0.3, 0.4) is 0 Å². The van der Waals surface area contributed by atoms with Gasteiger partial charge in [0.15, 0.2) is 0 Å². The van der Waals surface area contributed by atoms with Crippen LogP contribution in [0.25, 0.3) is 0 Å². The molecule has 2 rings (SSSR count). The quantitative estimate of drug-likeness (QED) is 0.551. The minimum Gasteiger partial charge on any atom is -0.368 e. The van der Waals surface area contributed by atoms with Gasteiger partial charge in [-0.2, -0.15) is 0 Å². The number of rotatable bonds is 1. The Hall–Kier alpha value is -1.53. The Morgan fingerprint density at radius 3 is 2.77 bits per heavy atom. The normalized spacial score (nSPS) is 13.0. The van der Waals surface area contributed by atoms with Crippen molar-refractivity contribution >= 4 is 17.3 Å². The first-order valence-electron chi connectivity index (χ1n) is 3.25. The largest absolute Gasteiger partial charge is 0.368 e. The van der Waals surface area contributed by atoms with Gasteiger partial charge < -0.3 is 9.68 Å². The summed E-state index contributed by atoms with van der Waals surface area (Å²) in [4.78, 5) is 19.3. The van der Waals surface area contributed by atoms with Crippen LogP contribution in [-0.2, 0) is 0 Å². The number of hydrogen-bond acceptors (Lipinski definition) is 5. The number of halogens is 1. The molecule has 0 fully saturated rings. The SMILES string of the molecule is O=[N+]([O-])c1ccc(Cl)c2c1ONO2. The zero-order chi connectivity index (χ0) is 9.42. The summed E-state index contributed by atoms with van der Waals surface area (Å²) in [6, 6.07) is 2.62. The molecule has 68 valence electrons. The molecule has 6 nitrogen and oxygen atoms in total. The molecule has 0 atom stereocenters. The Kier molecular flexibility index (Phi) is 1.71. The van der Waals surface area contributed by atoms with Crippen LogP contribution >= 0.6 is 11.6 Å². The second-order valence-corrected chi connectivity index (χ2v) is 2.68. The van der Waals surface area contributed by atoms with Gasteiger partial charge in [0.1, 0.15) is 0 Å². The van der Waals surface area contributed by atoms with E-state index in [0.29, 0.717) is 0 Å². The summed E-state index contributed by atoms with van der Waals surface area (Å²) < 4.78 is 0. The third-order valence-electron chi connectivity index (χ3n) is 1.53. The first kappa shape index (κ1) is 8.09. The number of nitro groups is 1. The number of hydrogen-bond donors (Lipinski definition) is 1. The van der Waals surface area contributed by atoms with Crippen LogP contribution in [0.1, 0.15) is 0 Å². The van der Waals surface area contributed by atoms with E-state index in [1.54, 1.807) is 0 Å². The van der Waals surface area contributed by atoms with E-state index in [2.05, 4.69) is 4.84 Å². The van der Waals surface area contributed by atoms with Gasteiger partial charge in [0.25, 0.3) is 5.75 Å². The van der Waals surface area contributed by atoms with E-state index in [-0.39, 0.29) is 22.2 Å². The summed E-state index contributed by atoms with van der Waals surface area (Å²) in [6.45, 7) is 0. The van der Waals surface area contributed by atoms with Crippen LogP contribution < -0.4 is 15.3 Å². The lowest BCUT2D eigenvalue weighted by atomic mass is 10.3. The molecular weight excluding hydrogens is 200 g/mol. The molecule has 0 bridgehead atoms. The van der Waals surface area contributed by atoms with E-state index in [0.717, 1.165) is 0 Å². The third kappa shape index (κ3) is 1.16. The molecule has 1 N–H and O–H groups in total. The molecule has 0 radical (unpaired) electrons. The maximum absolute atomic E-state index is 10.5. The number of nitrogens with zero attached hydrogens (tertiary/aromatic N) is 1. The average Bonchev–Trinajstić information content (AvgIpc) is 2.53. The lowest BCUT2D eigenvalue weighted by Gasteiger charge is -1.96. The fourth-order valence-electron chi connectivity index (χ4n) is 0.970. The van der Waals surface area contributed by atoms with Gasteiger partial charge in [0.2, 0.25) is 5.75 Å². The fourth-order valence-corrected chi connectivity index (χ4v) is 1.16. The molecule has 1 aliphatic heterocycles. The Balaban J connectivity index is 2.62. The molecule has 0 aromatic heterocycles. The highest BCUT2D eigenvalue weighted by atomic mass is 35.5. The molecule has 0 aliphatic carbocycles. The molecule has 0 spiro atoms. The molecule has 13 heavy (non-hydrogen) atoms. The zero-order valence-corrected chi connectivity index (χ0v) is 6.87. The Bertz CT molecular complexity index is 381. The van der Waals surface area contributed by atoms with Gasteiger partial charge in [-0.15, -0.1) is 0 Å². The molecule has 1 aromatic carbocycles. The lowest BCUT2D eigenvalue weighted by molar-refractivity contribution is -0.385. The summed E-state index contributed by atoms with van der Waals surface area (Å²) in [5, 5.41) is 10.7. The zero-order valence-electron chi connectivity index (χ0n) is 6.11. The van der Waals surface area contributed by atoms with Crippen LogP contribution in [-0.4, -0.2) is 4.92 Å². The second-order valence-electron chi connectivity index (χ2n) is 2.27. The van der Waals surface area contributed by atoms with E-state index < -0.39 is 4.92 Å². The van der Waals surface area contributed by atoms with E-state index in [1.807, 2.05) is 5.64 Å². The monoisotopic (exact) mass is 202 g/mol. The molecule has 1 heterocycles. The van der Waals surface area contributed by atoms with Crippen molar-refractivity contribution in [3.8, 4) is 11.5 Å². The van der Waals surface area contributed by atoms with Gasteiger partial charge in [-0.05, 0) is 6.07 Å². The minimum absolute atomic E-state index is 0.00231. The van der Waals surface area contributed by atoms with Crippen molar-refractivity contribution in [2.75, 3.05) is 0 Å². The predicted octanol–water partition coefficient (Wildman–Crippen LogP) is 1.44. The minimum atomic E-state index is -0.578. The number of nitrogens with one attached hydrogen (secondary N) is 1. The number of nitro benzene ring substituents is 1. The number of fused-ring (bicyclic) bond motifs is 1. The van der Waals surface area contributed by atoms with Gasteiger partial charge in [-0.1, -0.05) is 11.6 Å². The first-order valence-corrected chi connectivity index (χ1v) is 3.63. The fraction of sp³-hybridized carbons (Fsp3) is 0. The molecule has 0 saturated carbocycles. The van der Waals surface area contributed by atoms with Crippen molar-refractivity contribution in [2.24, 2.45) is 0 Å². The Morgan fingerprint density at radius 2 is 2.08 bits per heavy atom. The van der Waals surface area contributed by atoms with Crippen molar-refractivity contribution in [3.05, 3.63) is 27.3 Å². The highest BCUT2D eigenvalue weighted by Gasteiger charge is 2.28. The van der Waals surface area contributed by atoms with Gasteiger partial charge in [0, 0.05) is 11.7 Å².